The standard InChI is InChI=1S/C18H24N4OS2/c1-2-15-14-4-11-24-16(14)3-6-22(15)17(23)13-20-7-9-21(10-8-20)18-19-5-12-25-18/h4-5,11-12,15H,2-3,6-10,13H2,1H3. The number of hydrogen-bond donors (Lipinski definition) is 0. The molecule has 2 aliphatic heterocycles. The zero-order valence-corrected chi connectivity index (χ0v) is 16.2. The number of hydrogen-bond acceptors (Lipinski definition) is 6. The summed E-state index contributed by atoms with van der Waals surface area (Å²) in [5, 5.41) is 5.28. The molecule has 0 saturated carbocycles. The lowest BCUT2D eigenvalue weighted by Gasteiger charge is -2.39. The largest absolute Gasteiger partial charge is 0.346 e. The number of fused-ring (bicyclic) bond motifs is 1. The van der Waals surface area contributed by atoms with Gasteiger partial charge in [-0.15, -0.1) is 22.7 Å². The maximum atomic E-state index is 12.9. The van der Waals surface area contributed by atoms with E-state index in [2.05, 4.69) is 38.1 Å². The summed E-state index contributed by atoms with van der Waals surface area (Å²) in [6.07, 6.45) is 3.86. The number of carbonyl (C=O) groups is 1. The fourth-order valence-electron chi connectivity index (χ4n) is 3.89. The van der Waals surface area contributed by atoms with Crippen LogP contribution in [-0.2, 0) is 11.2 Å². The second-order valence-electron chi connectivity index (χ2n) is 6.64. The molecular formula is C18H24N4OS2. The van der Waals surface area contributed by atoms with E-state index in [9.17, 15) is 4.79 Å². The Kier molecular flexibility index (Phi) is 5.05. The molecule has 4 rings (SSSR count). The average Bonchev–Trinajstić information content (AvgIpc) is 3.33. The van der Waals surface area contributed by atoms with Gasteiger partial charge in [0.2, 0.25) is 5.91 Å². The highest BCUT2D eigenvalue weighted by molar-refractivity contribution is 7.13. The SMILES string of the molecule is CCC1c2ccsc2CCN1C(=O)CN1CCN(c2nccs2)CC1. The zero-order valence-electron chi connectivity index (χ0n) is 14.6. The Balaban J connectivity index is 1.35. The highest BCUT2D eigenvalue weighted by atomic mass is 32.1. The van der Waals surface area contributed by atoms with Crippen molar-refractivity contribution in [1.29, 1.82) is 0 Å². The Morgan fingerprint density at radius 1 is 1.20 bits per heavy atom. The lowest BCUT2D eigenvalue weighted by atomic mass is 9.97. The molecule has 1 saturated heterocycles. The molecular weight excluding hydrogens is 352 g/mol. The first-order valence-corrected chi connectivity index (χ1v) is 10.7. The van der Waals surface area contributed by atoms with E-state index in [0.717, 1.165) is 50.7 Å². The topological polar surface area (TPSA) is 39.7 Å². The normalized spacial score (nSPS) is 21.4. The van der Waals surface area contributed by atoms with Gasteiger partial charge in [-0.1, -0.05) is 6.92 Å². The molecule has 0 bridgehead atoms. The smallest absolute Gasteiger partial charge is 0.237 e. The molecule has 0 radical (unpaired) electrons. The minimum atomic E-state index is 0.263. The van der Waals surface area contributed by atoms with Crippen LogP contribution in [0.5, 0.6) is 0 Å². The Morgan fingerprint density at radius 3 is 2.76 bits per heavy atom. The van der Waals surface area contributed by atoms with Crippen LogP contribution in [0.2, 0.25) is 0 Å². The van der Waals surface area contributed by atoms with Crippen molar-refractivity contribution in [2.45, 2.75) is 25.8 Å². The first-order chi connectivity index (χ1) is 12.3. The van der Waals surface area contributed by atoms with Crippen molar-refractivity contribution in [2.75, 3.05) is 44.2 Å². The van der Waals surface area contributed by atoms with Crippen molar-refractivity contribution in [3.8, 4) is 0 Å². The molecule has 0 spiro atoms. The highest BCUT2D eigenvalue weighted by Gasteiger charge is 2.31. The summed E-state index contributed by atoms with van der Waals surface area (Å²) in [5.74, 6) is 0.284. The Bertz CT molecular complexity index is 706. The fraction of sp³-hybridized carbons (Fsp3) is 0.556. The Labute approximate surface area is 156 Å². The number of amides is 1. The van der Waals surface area contributed by atoms with Gasteiger partial charge in [-0.05, 0) is 29.9 Å². The van der Waals surface area contributed by atoms with Gasteiger partial charge in [0.05, 0.1) is 12.6 Å². The molecule has 2 aromatic rings. The number of thiophene rings is 1. The van der Waals surface area contributed by atoms with Gasteiger partial charge in [-0.3, -0.25) is 9.69 Å². The van der Waals surface area contributed by atoms with E-state index in [1.807, 2.05) is 22.9 Å². The molecule has 1 unspecified atom stereocenters. The van der Waals surface area contributed by atoms with Crippen molar-refractivity contribution in [1.82, 2.24) is 14.8 Å². The van der Waals surface area contributed by atoms with Gasteiger partial charge in [0.15, 0.2) is 5.13 Å². The summed E-state index contributed by atoms with van der Waals surface area (Å²) in [7, 11) is 0. The number of anilines is 1. The predicted octanol–water partition coefficient (Wildman–Crippen LogP) is 2.86. The molecule has 1 fully saturated rings. The van der Waals surface area contributed by atoms with E-state index in [1.54, 1.807) is 11.3 Å². The van der Waals surface area contributed by atoms with Crippen LogP contribution in [0.4, 0.5) is 5.13 Å². The lowest BCUT2D eigenvalue weighted by Crippen LogP contribution is -2.51. The summed E-state index contributed by atoms with van der Waals surface area (Å²) in [4.78, 5) is 25.5. The van der Waals surface area contributed by atoms with E-state index in [0.29, 0.717) is 6.54 Å². The van der Waals surface area contributed by atoms with Gasteiger partial charge in [-0.2, -0.15) is 0 Å². The molecule has 2 aromatic heterocycles. The maximum Gasteiger partial charge on any atom is 0.237 e. The lowest BCUT2D eigenvalue weighted by molar-refractivity contribution is -0.135. The first kappa shape index (κ1) is 17.0. The van der Waals surface area contributed by atoms with Crippen LogP contribution in [0.15, 0.2) is 23.0 Å². The third-order valence-electron chi connectivity index (χ3n) is 5.22. The summed E-state index contributed by atoms with van der Waals surface area (Å²) in [6, 6.07) is 2.47. The summed E-state index contributed by atoms with van der Waals surface area (Å²) in [6.45, 7) is 7.36. The second kappa shape index (κ2) is 7.43. The van der Waals surface area contributed by atoms with Crippen LogP contribution in [0, 0.1) is 0 Å². The first-order valence-electron chi connectivity index (χ1n) is 8.98. The molecule has 25 heavy (non-hydrogen) atoms. The predicted molar refractivity (Wildman–Crippen MR) is 104 cm³/mol. The molecule has 0 aromatic carbocycles. The molecule has 2 aliphatic rings. The van der Waals surface area contributed by atoms with E-state index in [4.69, 9.17) is 0 Å². The van der Waals surface area contributed by atoms with Crippen LogP contribution in [-0.4, -0.2) is 60.0 Å². The van der Waals surface area contributed by atoms with E-state index in [-0.39, 0.29) is 11.9 Å². The Morgan fingerprint density at radius 2 is 2.04 bits per heavy atom. The third kappa shape index (κ3) is 3.45. The Hall–Kier alpha value is -1.44. The monoisotopic (exact) mass is 376 g/mol. The minimum Gasteiger partial charge on any atom is -0.346 e. The quantitative estimate of drug-likeness (QED) is 0.823. The van der Waals surface area contributed by atoms with Crippen molar-refractivity contribution in [3.05, 3.63) is 33.5 Å². The number of carbonyl (C=O) groups excluding carboxylic acids is 1. The van der Waals surface area contributed by atoms with Crippen LogP contribution >= 0.6 is 22.7 Å². The molecule has 4 heterocycles. The van der Waals surface area contributed by atoms with Crippen LogP contribution < -0.4 is 4.90 Å². The molecule has 0 aliphatic carbocycles. The molecule has 134 valence electrons. The van der Waals surface area contributed by atoms with E-state index in [1.165, 1.54) is 10.4 Å². The van der Waals surface area contributed by atoms with E-state index >= 15 is 0 Å². The molecule has 5 nitrogen and oxygen atoms in total. The van der Waals surface area contributed by atoms with Gasteiger partial charge in [0, 0.05) is 49.2 Å². The van der Waals surface area contributed by atoms with Crippen LogP contribution in [0.25, 0.3) is 0 Å². The number of rotatable bonds is 4. The zero-order chi connectivity index (χ0) is 17.2. The molecule has 1 amide bonds. The highest BCUT2D eigenvalue weighted by Crippen LogP contribution is 2.35. The van der Waals surface area contributed by atoms with Crippen LogP contribution in [0.1, 0.15) is 29.8 Å². The van der Waals surface area contributed by atoms with Crippen molar-refractivity contribution in [3.63, 3.8) is 0 Å². The van der Waals surface area contributed by atoms with Gasteiger partial charge in [0.1, 0.15) is 0 Å². The summed E-state index contributed by atoms with van der Waals surface area (Å²) >= 11 is 3.52. The summed E-state index contributed by atoms with van der Waals surface area (Å²) < 4.78 is 0. The molecule has 7 heteroatoms. The number of piperazine rings is 1. The van der Waals surface area contributed by atoms with Gasteiger partial charge in [0.25, 0.3) is 0 Å². The number of nitrogens with zero attached hydrogens (tertiary/aromatic N) is 4. The maximum absolute atomic E-state index is 12.9. The second-order valence-corrected chi connectivity index (χ2v) is 8.51. The van der Waals surface area contributed by atoms with Crippen molar-refractivity contribution < 1.29 is 4.79 Å². The third-order valence-corrected chi connectivity index (χ3v) is 7.05. The number of aromatic nitrogens is 1. The average molecular weight is 377 g/mol. The van der Waals surface area contributed by atoms with Gasteiger partial charge >= 0.3 is 0 Å². The van der Waals surface area contributed by atoms with Crippen LogP contribution in [0.3, 0.4) is 0 Å². The van der Waals surface area contributed by atoms with Gasteiger partial charge in [-0.25, -0.2) is 4.98 Å². The fourth-order valence-corrected chi connectivity index (χ4v) is 5.51. The van der Waals surface area contributed by atoms with E-state index < -0.39 is 0 Å². The molecule has 1 atom stereocenters. The van der Waals surface area contributed by atoms with Crippen molar-refractivity contribution >= 4 is 33.7 Å². The summed E-state index contributed by atoms with van der Waals surface area (Å²) in [5.41, 5.74) is 1.38. The number of thiazole rings is 1. The van der Waals surface area contributed by atoms with Gasteiger partial charge < -0.3 is 9.80 Å². The minimum absolute atomic E-state index is 0.263. The van der Waals surface area contributed by atoms with Crippen molar-refractivity contribution in [2.24, 2.45) is 0 Å². The molecule has 0 N–H and O–H groups in total.